The van der Waals surface area contributed by atoms with Gasteiger partial charge in [-0.05, 0) is 42.5 Å². The highest BCUT2D eigenvalue weighted by atomic mass is 35.5. The van der Waals surface area contributed by atoms with Crippen LogP contribution in [0.15, 0.2) is 70.6 Å². The zero-order valence-electron chi connectivity index (χ0n) is 19.6. The number of ether oxygens (including phenoxy) is 1. The molecule has 3 heterocycles. The van der Waals surface area contributed by atoms with Gasteiger partial charge in [0.2, 0.25) is 0 Å². The van der Waals surface area contributed by atoms with E-state index in [-0.39, 0.29) is 24.9 Å². The highest BCUT2D eigenvalue weighted by Gasteiger charge is 2.26. The Morgan fingerprint density at radius 3 is 2.64 bits per heavy atom. The highest BCUT2D eigenvalue weighted by Crippen LogP contribution is 2.46. The number of pyridine rings is 1. The van der Waals surface area contributed by atoms with Crippen LogP contribution in [0.3, 0.4) is 0 Å². The Morgan fingerprint density at radius 1 is 1.06 bits per heavy atom. The maximum atomic E-state index is 12.6. The lowest BCUT2D eigenvalue weighted by molar-refractivity contribution is -0.904. The molecule has 5 rings (SSSR count). The normalized spacial score (nSPS) is 15.1. The number of carbonyl (C=O) groups is 1. The van der Waals surface area contributed by atoms with Crippen molar-refractivity contribution in [3.05, 3.63) is 70.8 Å². The molecule has 36 heavy (non-hydrogen) atoms. The predicted molar refractivity (Wildman–Crippen MR) is 141 cm³/mol. The number of para-hydroxylation sites is 1. The fourth-order valence-corrected chi connectivity index (χ4v) is 6.05. The zero-order chi connectivity index (χ0) is 24.2. The molecular weight excluding hydrogens is 539 g/mol. The number of amides is 1. The molecule has 3 aromatic rings. The largest absolute Gasteiger partial charge is 1.00 e. The van der Waals surface area contributed by atoms with Gasteiger partial charge in [-0.15, -0.1) is 0 Å². The molecule has 0 atom stereocenters. The Kier molecular flexibility index (Phi) is 9.25. The number of piperazine rings is 1. The summed E-state index contributed by atoms with van der Waals surface area (Å²) in [6.45, 7) is 5.31. The number of nitrogens with one attached hydrogen (secondary N) is 1. The average Bonchev–Trinajstić information content (AvgIpc) is 2.88. The standard InChI is InChI=1S/C26H26Cl2N4O2S.ClH/c27-19-8-9-22(20(28)17-19)34-18-25(33)31-15-13-30(14-16-31)11-4-12-32-21-5-1-2-6-23(21)35-24-7-3-10-29-26(24)32;/h1-3,5-10,17H,4,11-16,18H2;1H. The smallest absolute Gasteiger partial charge is 0.260 e. The van der Waals surface area contributed by atoms with Crippen LogP contribution in [0.1, 0.15) is 6.42 Å². The third kappa shape index (κ3) is 6.21. The number of fused-ring (bicyclic) bond motifs is 2. The van der Waals surface area contributed by atoms with Crippen LogP contribution in [-0.4, -0.2) is 61.7 Å². The Bertz CT molecular complexity index is 1160. The summed E-state index contributed by atoms with van der Waals surface area (Å²) in [5, 5.41) is 0.948. The van der Waals surface area contributed by atoms with Crippen molar-refractivity contribution in [2.45, 2.75) is 16.2 Å². The fourth-order valence-electron chi connectivity index (χ4n) is 4.52. The van der Waals surface area contributed by atoms with Crippen molar-refractivity contribution in [2.24, 2.45) is 0 Å². The van der Waals surface area contributed by atoms with Gasteiger partial charge in [0, 0.05) is 29.1 Å². The van der Waals surface area contributed by atoms with E-state index in [2.05, 4.69) is 40.2 Å². The molecule has 2 aliphatic rings. The highest BCUT2D eigenvalue weighted by molar-refractivity contribution is 7.99. The number of hydrogen-bond acceptors (Lipinski definition) is 5. The molecule has 1 saturated heterocycles. The van der Waals surface area contributed by atoms with E-state index < -0.39 is 0 Å². The van der Waals surface area contributed by atoms with Gasteiger partial charge in [-0.3, -0.25) is 4.79 Å². The van der Waals surface area contributed by atoms with Crippen molar-refractivity contribution in [1.29, 1.82) is 0 Å². The predicted octanol–water partition coefficient (Wildman–Crippen LogP) is 1.19. The zero-order valence-corrected chi connectivity index (χ0v) is 22.7. The molecule has 0 radical (unpaired) electrons. The van der Waals surface area contributed by atoms with Crippen molar-refractivity contribution < 1.29 is 26.8 Å². The van der Waals surface area contributed by atoms with E-state index in [1.54, 1.807) is 30.0 Å². The summed E-state index contributed by atoms with van der Waals surface area (Å²) in [7, 11) is 0. The summed E-state index contributed by atoms with van der Waals surface area (Å²) < 4.78 is 5.62. The van der Waals surface area contributed by atoms with Gasteiger partial charge in [0.15, 0.2) is 6.61 Å². The van der Waals surface area contributed by atoms with E-state index in [0.29, 0.717) is 15.8 Å². The van der Waals surface area contributed by atoms with E-state index in [0.717, 1.165) is 51.5 Å². The number of aromatic nitrogens is 1. The maximum Gasteiger partial charge on any atom is 0.260 e. The van der Waals surface area contributed by atoms with Gasteiger partial charge in [-0.2, -0.15) is 0 Å². The molecule has 0 spiro atoms. The first-order valence-electron chi connectivity index (χ1n) is 11.8. The first-order valence-corrected chi connectivity index (χ1v) is 13.3. The summed E-state index contributed by atoms with van der Waals surface area (Å²) in [5.41, 5.74) is 1.23. The van der Waals surface area contributed by atoms with E-state index in [4.69, 9.17) is 27.9 Å². The number of quaternary nitrogens is 1. The molecule has 6 nitrogen and oxygen atoms in total. The summed E-state index contributed by atoms with van der Waals surface area (Å²) >= 11 is 13.8. The van der Waals surface area contributed by atoms with Crippen molar-refractivity contribution in [1.82, 2.24) is 9.88 Å². The first kappa shape index (κ1) is 26.9. The van der Waals surface area contributed by atoms with Crippen LogP contribution >= 0.6 is 35.0 Å². The van der Waals surface area contributed by atoms with Gasteiger partial charge < -0.3 is 31.8 Å². The second-order valence-electron chi connectivity index (χ2n) is 8.64. The van der Waals surface area contributed by atoms with Gasteiger partial charge in [0.05, 0.1) is 48.3 Å². The van der Waals surface area contributed by atoms with Crippen LogP contribution in [0, 0.1) is 0 Å². The molecule has 1 N–H and O–H groups in total. The lowest BCUT2D eigenvalue weighted by Crippen LogP contribution is -3.14. The Morgan fingerprint density at radius 2 is 1.83 bits per heavy atom. The summed E-state index contributed by atoms with van der Waals surface area (Å²) in [4.78, 5) is 25.5. The fraction of sp³-hybridized carbons (Fsp3) is 0.308. The number of rotatable bonds is 7. The molecule has 10 heteroatoms. The molecular formula is C26H27Cl3N4O2S. The second kappa shape index (κ2) is 12.4. The number of halogens is 3. The van der Waals surface area contributed by atoms with Crippen LogP contribution in [-0.2, 0) is 4.79 Å². The van der Waals surface area contributed by atoms with Gasteiger partial charge in [0.1, 0.15) is 11.6 Å². The number of carbonyl (C=O) groups excluding carboxylic acids is 1. The van der Waals surface area contributed by atoms with Crippen molar-refractivity contribution in [3.8, 4) is 5.75 Å². The van der Waals surface area contributed by atoms with Crippen molar-refractivity contribution >= 4 is 52.4 Å². The molecule has 1 fully saturated rings. The Balaban J connectivity index is 0.00000304. The van der Waals surface area contributed by atoms with E-state index in [9.17, 15) is 4.79 Å². The van der Waals surface area contributed by atoms with E-state index in [1.807, 2.05) is 17.2 Å². The minimum absolute atomic E-state index is 0. The van der Waals surface area contributed by atoms with Crippen molar-refractivity contribution in [3.63, 3.8) is 0 Å². The monoisotopic (exact) mass is 564 g/mol. The Labute approximate surface area is 231 Å². The van der Waals surface area contributed by atoms with E-state index >= 15 is 0 Å². The van der Waals surface area contributed by atoms with Crippen LogP contribution < -0.4 is 26.9 Å². The molecule has 1 aromatic heterocycles. The van der Waals surface area contributed by atoms with Crippen molar-refractivity contribution in [2.75, 3.05) is 50.8 Å². The number of hydrogen-bond donors (Lipinski definition) is 1. The van der Waals surface area contributed by atoms with E-state index in [1.165, 1.54) is 20.4 Å². The SMILES string of the molecule is O=C(COc1ccc(Cl)cc1Cl)N1CC[NH+](CCCN2c3ccccc3Sc3cccnc32)CC1.[Cl-]. The lowest BCUT2D eigenvalue weighted by atomic mass is 10.2. The quantitative estimate of drug-likeness (QED) is 0.467. The molecule has 0 aliphatic carbocycles. The van der Waals surface area contributed by atoms with Gasteiger partial charge in [-0.25, -0.2) is 4.98 Å². The van der Waals surface area contributed by atoms with Crippen LogP contribution in [0.25, 0.3) is 0 Å². The van der Waals surface area contributed by atoms with Gasteiger partial charge >= 0.3 is 0 Å². The third-order valence-electron chi connectivity index (χ3n) is 6.36. The van der Waals surface area contributed by atoms with Crippen LogP contribution in [0.4, 0.5) is 11.5 Å². The molecule has 2 aromatic carbocycles. The molecule has 0 unspecified atom stereocenters. The molecule has 0 bridgehead atoms. The Hall–Kier alpha value is -2.16. The van der Waals surface area contributed by atoms with Crippen LogP contribution in [0.5, 0.6) is 5.75 Å². The second-order valence-corrected chi connectivity index (χ2v) is 10.6. The average molecular weight is 566 g/mol. The minimum Gasteiger partial charge on any atom is -1.00 e. The number of nitrogens with zero attached hydrogens (tertiary/aromatic N) is 3. The lowest BCUT2D eigenvalue weighted by Gasteiger charge is -2.34. The summed E-state index contributed by atoms with van der Waals surface area (Å²) in [6, 6.07) is 17.7. The first-order chi connectivity index (χ1) is 17.1. The molecule has 2 aliphatic heterocycles. The number of benzene rings is 2. The minimum atomic E-state index is -0.0184. The number of anilines is 2. The maximum absolute atomic E-state index is 12.6. The third-order valence-corrected chi connectivity index (χ3v) is 8.00. The van der Waals surface area contributed by atoms with Gasteiger partial charge in [-0.1, -0.05) is 47.1 Å². The molecule has 0 saturated carbocycles. The van der Waals surface area contributed by atoms with Crippen LogP contribution in [0.2, 0.25) is 10.0 Å². The van der Waals surface area contributed by atoms with Gasteiger partial charge in [0.25, 0.3) is 5.91 Å². The summed E-state index contributed by atoms with van der Waals surface area (Å²) in [6.07, 6.45) is 2.92. The topological polar surface area (TPSA) is 50.1 Å². The summed E-state index contributed by atoms with van der Waals surface area (Å²) in [5.74, 6) is 1.50. The molecule has 190 valence electrons. The molecule has 1 amide bonds.